The topological polar surface area (TPSA) is 133 Å². The van der Waals surface area contributed by atoms with Crippen LogP contribution in [0.15, 0.2) is 77.8 Å². The minimum atomic E-state index is -4.58. The van der Waals surface area contributed by atoms with Gasteiger partial charge in [0.15, 0.2) is 0 Å². The van der Waals surface area contributed by atoms with Crippen molar-refractivity contribution >= 4 is 44.0 Å². The number of fused-ring (bicyclic) bond motifs is 1. The summed E-state index contributed by atoms with van der Waals surface area (Å²) in [7, 11) is -2.88. The number of carbonyl (C=O) groups is 1. The molecular weight excluding hydrogens is 523 g/mol. The van der Waals surface area contributed by atoms with Crippen molar-refractivity contribution in [2.24, 2.45) is 0 Å². The number of nitriles is 1. The number of carbonyl (C=O) groups excluding carboxylic acids is 1. The molecule has 0 bridgehead atoms. The summed E-state index contributed by atoms with van der Waals surface area (Å²) in [4.78, 5) is 16.7. The van der Waals surface area contributed by atoms with Gasteiger partial charge in [-0.3, -0.25) is 4.98 Å². The number of halogens is 3. The van der Waals surface area contributed by atoms with Gasteiger partial charge < -0.3 is 15.4 Å². The highest BCUT2D eigenvalue weighted by atomic mass is 32.2. The zero-order chi connectivity index (χ0) is 27.5. The first-order valence-electron chi connectivity index (χ1n) is 10.7. The highest BCUT2D eigenvalue weighted by molar-refractivity contribution is 7.90. The number of nitrogens with zero attached hydrogens (tertiary/aromatic N) is 2. The molecule has 0 unspecified atom stereocenters. The molecule has 4 aromatic rings. The van der Waals surface area contributed by atoms with Gasteiger partial charge >= 0.3 is 12.2 Å². The molecule has 0 saturated carbocycles. The first-order chi connectivity index (χ1) is 18.0. The molecule has 194 valence electrons. The summed E-state index contributed by atoms with van der Waals surface area (Å²) in [5, 5.41) is 14.5. The Hall–Kier alpha value is -4.83. The van der Waals surface area contributed by atoms with E-state index in [0.717, 1.165) is 12.1 Å². The molecule has 0 spiro atoms. The largest absolute Gasteiger partial charge is 0.497 e. The molecule has 0 aliphatic heterocycles. The lowest BCUT2D eigenvalue weighted by molar-refractivity contribution is -0.137. The van der Waals surface area contributed by atoms with Crippen LogP contribution in [0.5, 0.6) is 5.75 Å². The molecule has 13 heteroatoms. The van der Waals surface area contributed by atoms with Crippen LogP contribution >= 0.6 is 0 Å². The number of hydrogen-bond donors (Lipinski definition) is 3. The molecule has 4 rings (SSSR count). The number of rotatable bonds is 6. The fraction of sp³-hybridized carbons (Fsp3) is 0.0800. The fourth-order valence-corrected chi connectivity index (χ4v) is 4.39. The van der Waals surface area contributed by atoms with E-state index in [2.05, 4.69) is 15.6 Å². The van der Waals surface area contributed by atoms with Crippen LogP contribution in [0.25, 0.3) is 10.9 Å². The summed E-state index contributed by atoms with van der Waals surface area (Å²) in [6, 6.07) is 14.9. The number of hydrogen-bond acceptors (Lipinski definition) is 7. The molecule has 0 aliphatic rings. The maximum Gasteiger partial charge on any atom is 0.416 e. The highest BCUT2D eigenvalue weighted by Crippen LogP contribution is 2.36. The lowest BCUT2D eigenvalue weighted by Crippen LogP contribution is -2.34. The molecule has 0 fully saturated rings. The Balaban J connectivity index is 1.70. The number of anilines is 3. The molecule has 0 aliphatic carbocycles. The molecule has 1 heterocycles. The van der Waals surface area contributed by atoms with E-state index < -0.39 is 27.8 Å². The second-order valence-electron chi connectivity index (χ2n) is 7.83. The van der Waals surface area contributed by atoms with Crippen molar-refractivity contribution in [2.45, 2.75) is 11.1 Å². The predicted octanol–water partition coefficient (Wildman–Crippen LogP) is 5.39. The first-order valence-corrected chi connectivity index (χ1v) is 12.2. The Kier molecular flexibility index (Phi) is 7.09. The third-order valence-electron chi connectivity index (χ3n) is 5.30. The van der Waals surface area contributed by atoms with Crippen LogP contribution in [0.3, 0.4) is 0 Å². The van der Waals surface area contributed by atoms with Crippen molar-refractivity contribution in [1.82, 2.24) is 9.71 Å². The Morgan fingerprint density at radius 3 is 2.45 bits per heavy atom. The second-order valence-corrected chi connectivity index (χ2v) is 9.51. The van der Waals surface area contributed by atoms with Gasteiger partial charge in [0, 0.05) is 11.1 Å². The number of pyridine rings is 1. The second kappa shape index (κ2) is 10.3. The van der Waals surface area contributed by atoms with E-state index in [0.29, 0.717) is 16.7 Å². The fourth-order valence-electron chi connectivity index (χ4n) is 3.48. The quantitative estimate of drug-likeness (QED) is 0.298. The smallest absolute Gasteiger partial charge is 0.416 e. The summed E-state index contributed by atoms with van der Waals surface area (Å²) >= 11 is 0. The highest BCUT2D eigenvalue weighted by Gasteiger charge is 2.30. The number of urea groups is 1. The molecule has 0 saturated heterocycles. The van der Waals surface area contributed by atoms with Crippen LogP contribution < -0.4 is 20.1 Å². The van der Waals surface area contributed by atoms with Gasteiger partial charge in [-0.25, -0.2) is 17.9 Å². The van der Waals surface area contributed by atoms with Crippen molar-refractivity contribution in [1.29, 1.82) is 5.26 Å². The molecule has 2 amide bonds. The van der Waals surface area contributed by atoms with Crippen LogP contribution in [-0.2, 0) is 16.2 Å². The number of nitrogens with one attached hydrogen (secondary N) is 3. The normalized spacial score (nSPS) is 11.4. The third-order valence-corrected chi connectivity index (χ3v) is 6.65. The van der Waals surface area contributed by atoms with Gasteiger partial charge in [-0.1, -0.05) is 6.07 Å². The van der Waals surface area contributed by atoms with Gasteiger partial charge in [0.1, 0.15) is 5.75 Å². The molecule has 38 heavy (non-hydrogen) atoms. The van der Waals surface area contributed by atoms with Crippen LogP contribution in [-0.4, -0.2) is 26.5 Å². The van der Waals surface area contributed by atoms with Gasteiger partial charge in [-0.15, -0.1) is 0 Å². The maximum absolute atomic E-state index is 13.3. The number of sulfonamides is 1. The van der Waals surface area contributed by atoms with Crippen molar-refractivity contribution in [3.05, 3.63) is 84.1 Å². The maximum atomic E-state index is 13.3. The third kappa shape index (κ3) is 5.76. The number of benzene rings is 3. The van der Waals surface area contributed by atoms with E-state index in [1.165, 1.54) is 49.7 Å². The molecule has 3 N–H and O–H groups in total. The molecule has 0 radical (unpaired) electrons. The Morgan fingerprint density at radius 2 is 1.79 bits per heavy atom. The average Bonchev–Trinajstić information content (AvgIpc) is 2.89. The molecule has 0 atom stereocenters. The van der Waals surface area contributed by atoms with Crippen molar-refractivity contribution in [2.75, 3.05) is 17.7 Å². The standard InChI is InChI=1S/C25H18F3N5O4S/c1-37-18-7-10-21-20(12-18)23(31-17-4-2-3-16(11-17)25(26,27)28)22(14-30-21)32-24(34)33-38(35,36)19-8-5-15(13-29)6-9-19/h2-12,14H,1H3,(H,30,31)(H2,32,33,34). The van der Waals surface area contributed by atoms with Gasteiger partial charge in [0.25, 0.3) is 10.0 Å². The van der Waals surface area contributed by atoms with E-state index in [9.17, 15) is 26.4 Å². The van der Waals surface area contributed by atoms with E-state index in [1.54, 1.807) is 18.2 Å². The Bertz CT molecular complexity index is 1670. The van der Waals surface area contributed by atoms with Crippen LogP contribution in [0.1, 0.15) is 11.1 Å². The minimum absolute atomic E-state index is 0.0179. The molecule has 3 aromatic carbocycles. The van der Waals surface area contributed by atoms with E-state index in [4.69, 9.17) is 10.00 Å². The molecular formula is C25H18F3N5O4S. The summed E-state index contributed by atoms with van der Waals surface area (Å²) in [6.45, 7) is 0. The van der Waals surface area contributed by atoms with Crippen LogP contribution in [0.2, 0.25) is 0 Å². The van der Waals surface area contributed by atoms with E-state index >= 15 is 0 Å². The average molecular weight is 542 g/mol. The number of ether oxygens (including phenoxy) is 1. The van der Waals surface area contributed by atoms with Crippen LogP contribution in [0, 0.1) is 11.3 Å². The molecule has 9 nitrogen and oxygen atoms in total. The number of aromatic nitrogens is 1. The SMILES string of the molecule is COc1ccc2ncc(NC(=O)NS(=O)(=O)c3ccc(C#N)cc3)c(Nc3cccc(C(F)(F)F)c3)c2c1. The lowest BCUT2D eigenvalue weighted by Gasteiger charge is -2.17. The van der Waals surface area contributed by atoms with Crippen molar-refractivity contribution in [3.8, 4) is 11.8 Å². The Morgan fingerprint density at radius 1 is 1.05 bits per heavy atom. The van der Waals surface area contributed by atoms with Gasteiger partial charge in [-0.2, -0.15) is 18.4 Å². The van der Waals surface area contributed by atoms with Gasteiger partial charge in [0.05, 0.1) is 52.3 Å². The Labute approximate surface area is 214 Å². The van der Waals surface area contributed by atoms with E-state index in [-0.39, 0.29) is 27.5 Å². The van der Waals surface area contributed by atoms with Gasteiger partial charge in [-0.05, 0) is 60.7 Å². The molecule has 1 aromatic heterocycles. The number of methoxy groups -OCH3 is 1. The number of alkyl halides is 3. The van der Waals surface area contributed by atoms with Crippen molar-refractivity contribution in [3.63, 3.8) is 0 Å². The summed E-state index contributed by atoms with van der Waals surface area (Å²) < 4.78 is 72.1. The van der Waals surface area contributed by atoms with Gasteiger partial charge in [0.2, 0.25) is 0 Å². The lowest BCUT2D eigenvalue weighted by atomic mass is 10.1. The zero-order valence-electron chi connectivity index (χ0n) is 19.5. The summed E-state index contributed by atoms with van der Waals surface area (Å²) in [6.07, 6.45) is -3.35. The predicted molar refractivity (Wildman–Crippen MR) is 134 cm³/mol. The summed E-state index contributed by atoms with van der Waals surface area (Å²) in [5.41, 5.74) is -0.0364. The minimum Gasteiger partial charge on any atom is -0.497 e. The van der Waals surface area contributed by atoms with E-state index in [1.807, 2.05) is 10.8 Å². The summed E-state index contributed by atoms with van der Waals surface area (Å²) in [5.74, 6) is 0.413. The first kappa shape index (κ1) is 26.2. The number of amides is 2. The zero-order valence-corrected chi connectivity index (χ0v) is 20.3. The van der Waals surface area contributed by atoms with Crippen molar-refractivity contribution < 1.29 is 31.1 Å². The van der Waals surface area contributed by atoms with Crippen LogP contribution in [0.4, 0.5) is 35.0 Å². The monoisotopic (exact) mass is 541 g/mol.